The van der Waals surface area contributed by atoms with Gasteiger partial charge in [-0.3, -0.25) is 0 Å². The van der Waals surface area contributed by atoms with Crippen LogP contribution in [-0.4, -0.2) is 9.13 Å². The Bertz CT molecular complexity index is 1200. The Labute approximate surface area is 134 Å². The lowest BCUT2D eigenvalue weighted by molar-refractivity contribution is 0.827. The molecule has 2 heterocycles. The van der Waals surface area contributed by atoms with Crippen LogP contribution in [-0.2, 0) is 13.6 Å². The lowest BCUT2D eigenvalue weighted by Gasteiger charge is -2.03. The first kappa shape index (κ1) is 12.8. The molecule has 2 aromatic heterocycles. The first-order valence-electron chi connectivity index (χ1n) is 8.17. The number of hydrogen-bond acceptors (Lipinski definition) is 0. The van der Waals surface area contributed by atoms with Crippen LogP contribution in [0.25, 0.3) is 43.6 Å². The zero-order valence-electron chi connectivity index (χ0n) is 13.4. The van der Waals surface area contributed by atoms with Gasteiger partial charge in [0.25, 0.3) is 0 Å². The van der Waals surface area contributed by atoms with Crippen LogP contribution in [0, 0.1) is 0 Å². The molecule has 2 heteroatoms. The highest BCUT2D eigenvalue weighted by atomic mass is 15.0. The Kier molecular flexibility index (Phi) is 2.44. The minimum absolute atomic E-state index is 0.986. The number of rotatable bonds is 1. The van der Waals surface area contributed by atoms with Gasteiger partial charge in [0, 0.05) is 57.2 Å². The average molecular weight is 298 g/mol. The summed E-state index contributed by atoms with van der Waals surface area (Å²) in [5.74, 6) is 0. The Morgan fingerprint density at radius 1 is 0.652 bits per heavy atom. The van der Waals surface area contributed by atoms with Crippen molar-refractivity contribution < 1.29 is 0 Å². The summed E-state index contributed by atoms with van der Waals surface area (Å²) in [5, 5.41) is 5.37. The Morgan fingerprint density at radius 3 is 1.96 bits per heavy atom. The lowest BCUT2D eigenvalue weighted by Crippen LogP contribution is -1.92. The van der Waals surface area contributed by atoms with Crippen LogP contribution in [0.5, 0.6) is 0 Å². The third kappa shape index (κ3) is 1.53. The SMILES string of the molecule is CCn1c2ccccc2c2cc3c(cc21)c1ccccc1n3C. The van der Waals surface area contributed by atoms with Crippen LogP contribution in [0.3, 0.4) is 0 Å². The Balaban J connectivity index is 2.08. The predicted molar refractivity (Wildman–Crippen MR) is 99.1 cm³/mol. The zero-order chi connectivity index (χ0) is 15.6. The van der Waals surface area contributed by atoms with E-state index in [1.165, 1.54) is 43.6 Å². The van der Waals surface area contributed by atoms with Gasteiger partial charge in [-0.15, -0.1) is 0 Å². The highest BCUT2D eigenvalue weighted by molar-refractivity contribution is 6.17. The number of benzene rings is 3. The molecule has 0 bridgehead atoms. The van der Waals surface area contributed by atoms with E-state index in [-0.39, 0.29) is 0 Å². The molecule has 0 aliphatic rings. The summed E-state index contributed by atoms with van der Waals surface area (Å²) < 4.78 is 4.73. The standard InChI is InChI=1S/C21H18N2/c1-3-23-19-11-7-5-9-15(19)17-12-20-16(13-21(17)23)14-8-4-6-10-18(14)22(20)2/h4-13H,3H2,1-2H3. The minimum Gasteiger partial charge on any atom is -0.344 e. The number of hydrogen-bond donors (Lipinski definition) is 0. The van der Waals surface area contributed by atoms with Crippen LogP contribution >= 0.6 is 0 Å². The van der Waals surface area contributed by atoms with E-state index in [0.717, 1.165) is 6.54 Å². The van der Waals surface area contributed by atoms with E-state index in [9.17, 15) is 0 Å². The van der Waals surface area contributed by atoms with E-state index in [1.54, 1.807) is 0 Å². The maximum atomic E-state index is 2.42. The van der Waals surface area contributed by atoms with Crippen molar-refractivity contribution in [3.63, 3.8) is 0 Å². The first-order chi connectivity index (χ1) is 11.3. The van der Waals surface area contributed by atoms with Crippen molar-refractivity contribution in [3.8, 4) is 0 Å². The Hall–Kier alpha value is -2.74. The molecule has 0 aliphatic carbocycles. The molecule has 0 spiro atoms. The molecule has 23 heavy (non-hydrogen) atoms. The minimum atomic E-state index is 0.986. The van der Waals surface area contributed by atoms with Gasteiger partial charge in [0.1, 0.15) is 0 Å². The zero-order valence-corrected chi connectivity index (χ0v) is 13.4. The third-order valence-corrected chi connectivity index (χ3v) is 5.12. The largest absolute Gasteiger partial charge is 0.344 e. The molecule has 3 aromatic carbocycles. The topological polar surface area (TPSA) is 9.86 Å². The third-order valence-electron chi connectivity index (χ3n) is 5.12. The van der Waals surface area contributed by atoms with Crippen molar-refractivity contribution >= 4 is 43.6 Å². The fourth-order valence-corrected chi connectivity index (χ4v) is 4.04. The molecule has 0 amide bonds. The number of aromatic nitrogens is 2. The van der Waals surface area contributed by atoms with E-state index in [1.807, 2.05) is 0 Å². The molecule has 2 nitrogen and oxygen atoms in total. The highest BCUT2D eigenvalue weighted by Gasteiger charge is 2.14. The molecule has 0 atom stereocenters. The van der Waals surface area contributed by atoms with Gasteiger partial charge in [0.05, 0.1) is 0 Å². The summed E-state index contributed by atoms with van der Waals surface area (Å²) in [4.78, 5) is 0. The van der Waals surface area contributed by atoms with E-state index >= 15 is 0 Å². The fourth-order valence-electron chi connectivity index (χ4n) is 4.04. The van der Waals surface area contributed by atoms with Crippen LogP contribution in [0.15, 0.2) is 60.7 Å². The van der Waals surface area contributed by atoms with Crippen LogP contribution in [0.4, 0.5) is 0 Å². The quantitative estimate of drug-likeness (QED) is 0.389. The van der Waals surface area contributed by atoms with Gasteiger partial charge in [-0.1, -0.05) is 36.4 Å². The second kappa shape index (κ2) is 4.39. The van der Waals surface area contributed by atoms with Gasteiger partial charge in [-0.2, -0.15) is 0 Å². The molecular weight excluding hydrogens is 280 g/mol. The summed E-state index contributed by atoms with van der Waals surface area (Å²) in [7, 11) is 2.16. The van der Waals surface area contributed by atoms with Crippen LogP contribution < -0.4 is 0 Å². The number of fused-ring (bicyclic) bond motifs is 6. The number of aryl methyl sites for hydroxylation is 2. The molecule has 5 rings (SSSR count). The van der Waals surface area contributed by atoms with Gasteiger partial charge in [-0.05, 0) is 31.2 Å². The molecule has 0 unspecified atom stereocenters. The summed E-state index contributed by atoms with van der Waals surface area (Å²) >= 11 is 0. The molecule has 0 N–H and O–H groups in total. The van der Waals surface area contributed by atoms with Crippen molar-refractivity contribution in [2.75, 3.05) is 0 Å². The predicted octanol–water partition coefficient (Wildman–Crippen LogP) is 5.46. The summed E-state index contributed by atoms with van der Waals surface area (Å²) in [6, 6.07) is 22.1. The molecule has 0 saturated carbocycles. The van der Waals surface area contributed by atoms with E-state index in [0.29, 0.717) is 0 Å². The molecule has 0 fully saturated rings. The van der Waals surface area contributed by atoms with Gasteiger partial charge in [-0.25, -0.2) is 0 Å². The normalized spacial score (nSPS) is 12.1. The van der Waals surface area contributed by atoms with Crippen molar-refractivity contribution in [3.05, 3.63) is 60.7 Å². The van der Waals surface area contributed by atoms with Gasteiger partial charge in [0.2, 0.25) is 0 Å². The van der Waals surface area contributed by atoms with Crippen molar-refractivity contribution in [2.45, 2.75) is 13.5 Å². The number of nitrogens with zero attached hydrogens (tertiary/aromatic N) is 2. The molecule has 112 valence electrons. The lowest BCUT2D eigenvalue weighted by atomic mass is 10.1. The van der Waals surface area contributed by atoms with Crippen molar-refractivity contribution in [2.24, 2.45) is 7.05 Å². The molecule has 0 aliphatic heterocycles. The van der Waals surface area contributed by atoms with Gasteiger partial charge in [0.15, 0.2) is 0 Å². The maximum Gasteiger partial charge on any atom is 0.0499 e. The smallest absolute Gasteiger partial charge is 0.0499 e. The molecule has 0 radical (unpaired) electrons. The van der Waals surface area contributed by atoms with Crippen LogP contribution in [0.2, 0.25) is 0 Å². The Morgan fingerprint density at radius 2 is 1.22 bits per heavy atom. The summed E-state index contributed by atoms with van der Waals surface area (Å²) in [5.41, 5.74) is 5.25. The van der Waals surface area contributed by atoms with Crippen molar-refractivity contribution in [1.82, 2.24) is 9.13 Å². The van der Waals surface area contributed by atoms with E-state index < -0.39 is 0 Å². The van der Waals surface area contributed by atoms with E-state index in [4.69, 9.17) is 0 Å². The average Bonchev–Trinajstić information content (AvgIpc) is 3.06. The van der Waals surface area contributed by atoms with Gasteiger partial charge >= 0.3 is 0 Å². The maximum absolute atomic E-state index is 2.42. The first-order valence-corrected chi connectivity index (χ1v) is 8.17. The molecular formula is C21H18N2. The fraction of sp³-hybridized carbons (Fsp3) is 0.143. The summed E-state index contributed by atoms with van der Waals surface area (Å²) in [6.07, 6.45) is 0. The van der Waals surface area contributed by atoms with E-state index in [2.05, 4.69) is 83.8 Å². The number of para-hydroxylation sites is 2. The molecule has 5 aromatic rings. The highest BCUT2D eigenvalue weighted by Crippen LogP contribution is 2.36. The molecule has 0 saturated heterocycles. The van der Waals surface area contributed by atoms with Gasteiger partial charge < -0.3 is 9.13 Å². The van der Waals surface area contributed by atoms with Crippen molar-refractivity contribution in [1.29, 1.82) is 0 Å². The second-order valence-corrected chi connectivity index (χ2v) is 6.22. The monoisotopic (exact) mass is 298 g/mol. The second-order valence-electron chi connectivity index (χ2n) is 6.22. The summed E-state index contributed by atoms with van der Waals surface area (Å²) in [6.45, 7) is 3.21. The van der Waals surface area contributed by atoms with Crippen LogP contribution in [0.1, 0.15) is 6.92 Å².